The van der Waals surface area contributed by atoms with Crippen molar-refractivity contribution < 1.29 is 4.79 Å². The number of anilines is 1. The summed E-state index contributed by atoms with van der Waals surface area (Å²) in [4.78, 5) is 11.8. The number of hydrogen-bond acceptors (Lipinski definition) is 3. The third kappa shape index (κ3) is 2.93. The summed E-state index contributed by atoms with van der Waals surface area (Å²) in [5, 5.41) is 6.84. The molecule has 1 heterocycles. The van der Waals surface area contributed by atoms with E-state index in [1.54, 1.807) is 36.0 Å². The van der Waals surface area contributed by atoms with E-state index in [0.29, 0.717) is 11.4 Å². The van der Waals surface area contributed by atoms with Gasteiger partial charge < -0.3 is 11.1 Å². The summed E-state index contributed by atoms with van der Waals surface area (Å²) < 4.78 is 1.59. The lowest BCUT2D eigenvalue weighted by Crippen LogP contribution is -2.31. The number of aromatic nitrogens is 2. The van der Waals surface area contributed by atoms with Crippen LogP contribution < -0.4 is 11.1 Å². The molecule has 1 aromatic heterocycles. The second-order valence-electron chi connectivity index (χ2n) is 4.10. The van der Waals surface area contributed by atoms with Crippen molar-refractivity contribution in [1.82, 2.24) is 15.1 Å². The van der Waals surface area contributed by atoms with E-state index < -0.39 is 0 Å². The number of nitrogens with one attached hydrogen (secondary N) is 1. The van der Waals surface area contributed by atoms with Crippen molar-refractivity contribution in [2.75, 3.05) is 5.73 Å². The maximum Gasteiger partial charge on any atom is 0.272 e. The van der Waals surface area contributed by atoms with E-state index in [1.807, 2.05) is 12.1 Å². The van der Waals surface area contributed by atoms with Crippen LogP contribution in [0.5, 0.6) is 0 Å². The molecule has 3 N–H and O–H groups in total. The predicted octanol–water partition coefficient (Wildman–Crippen LogP) is 1.21. The Hall–Kier alpha value is -2.74. The lowest BCUT2D eigenvalue weighted by molar-refractivity contribution is 0.0942. The minimum atomic E-state index is -0.329. The van der Waals surface area contributed by atoms with E-state index in [9.17, 15) is 4.79 Å². The second kappa shape index (κ2) is 5.27. The van der Waals surface area contributed by atoms with Gasteiger partial charge in [-0.1, -0.05) is 12.0 Å². The summed E-state index contributed by atoms with van der Waals surface area (Å²) in [7, 11) is 0. The van der Waals surface area contributed by atoms with Crippen LogP contribution in [-0.2, 0) is 0 Å². The predicted molar refractivity (Wildman–Crippen MR) is 73.7 cm³/mol. The van der Waals surface area contributed by atoms with E-state index >= 15 is 0 Å². The molecule has 1 unspecified atom stereocenters. The first-order valence-corrected chi connectivity index (χ1v) is 5.78. The molecule has 96 valence electrons. The van der Waals surface area contributed by atoms with E-state index in [4.69, 9.17) is 12.2 Å². The SMILES string of the molecule is C#CC(C)NC(=O)c1ccn(-c2cccc(N)c2)n1. The Bertz CT molecular complexity index is 639. The summed E-state index contributed by atoms with van der Waals surface area (Å²) in [6.07, 6.45) is 6.91. The topological polar surface area (TPSA) is 72.9 Å². The molecule has 0 radical (unpaired) electrons. The van der Waals surface area contributed by atoms with Gasteiger partial charge in [-0.05, 0) is 31.2 Å². The zero-order valence-electron chi connectivity index (χ0n) is 10.5. The van der Waals surface area contributed by atoms with Gasteiger partial charge in [0.2, 0.25) is 0 Å². The van der Waals surface area contributed by atoms with Crippen LogP contribution in [0.2, 0.25) is 0 Å². The van der Waals surface area contributed by atoms with Crippen molar-refractivity contribution in [3.8, 4) is 18.0 Å². The standard InChI is InChI=1S/C14H14N4O/c1-3-10(2)16-14(19)13-7-8-18(17-13)12-6-4-5-11(15)9-12/h1,4-10H,15H2,2H3,(H,16,19). The van der Waals surface area contributed by atoms with Crippen molar-refractivity contribution >= 4 is 11.6 Å². The number of hydrogen-bond donors (Lipinski definition) is 2. The molecule has 5 heteroatoms. The maximum atomic E-state index is 11.8. The van der Waals surface area contributed by atoms with E-state index in [2.05, 4.69) is 16.3 Å². The lowest BCUT2D eigenvalue weighted by Gasteiger charge is -2.05. The number of benzene rings is 1. The molecule has 1 amide bonds. The summed E-state index contributed by atoms with van der Waals surface area (Å²) in [6.45, 7) is 1.73. The molecule has 2 aromatic rings. The van der Waals surface area contributed by atoms with Crippen LogP contribution in [0.15, 0.2) is 36.5 Å². The summed E-state index contributed by atoms with van der Waals surface area (Å²) in [5.41, 5.74) is 7.45. The number of nitrogens with two attached hydrogens (primary N) is 1. The zero-order chi connectivity index (χ0) is 13.8. The van der Waals surface area contributed by atoms with Crippen LogP contribution in [0.4, 0.5) is 5.69 Å². The van der Waals surface area contributed by atoms with Crippen molar-refractivity contribution in [3.05, 3.63) is 42.2 Å². The monoisotopic (exact) mass is 254 g/mol. The van der Waals surface area contributed by atoms with Gasteiger partial charge in [0, 0.05) is 11.9 Å². The van der Waals surface area contributed by atoms with E-state index in [0.717, 1.165) is 5.69 Å². The van der Waals surface area contributed by atoms with Gasteiger partial charge in [-0.15, -0.1) is 6.42 Å². The highest BCUT2D eigenvalue weighted by Crippen LogP contribution is 2.11. The average molecular weight is 254 g/mol. The van der Waals surface area contributed by atoms with Crippen LogP contribution in [0, 0.1) is 12.3 Å². The van der Waals surface area contributed by atoms with Gasteiger partial charge in [-0.2, -0.15) is 5.10 Å². The van der Waals surface area contributed by atoms with Gasteiger partial charge in [-0.3, -0.25) is 4.79 Å². The second-order valence-corrected chi connectivity index (χ2v) is 4.10. The van der Waals surface area contributed by atoms with Crippen molar-refractivity contribution in [2.45, 2.75) is 13.0 Å². The molecule has 0 aliphatic carbocycles. The summed E-state index contributed by atoms with van der Waals surface area (Å²) >= 11 is 0. The third-order valence-corrected chi connectivity index (χ3v) is 2.55. The summed E-state index contributed by atoms with van der Waals surface area (Å²) in [5.74, 6) is 2.13. The van der Waals surface area contributed by atoms with Crippen LogP contribution in [-0.4, -0.2) is 21.7 Å². The smallest absolute Gasteiger partial charge is 0.272 e. The molecule has 19 heavy (non-hydrogen) atoms. The van der Waals surface area contributed by atoms with Gasteiger partial charge in [0.1, 0.15) is 0 Å². The first kappa shape index (κ1) is 12.7. The van der Waals surface area contributed by atoms with Gasteiger partial charge in [0.05, 0.1) is 11.7 Å². The fourth-order valence-electron chi connectivity index (χ4n) is 1.57. The molecule has 1 atom stereocenters. The van der Waals surface area contributed by atoms with Gasteiger partial charge in [0.25, 0.3) is 5.91 Å². The first-order chi connectivity index (χ1) is 9.10. The normalized spacial score (nSPS) is 11.6. The molecular formula is C14H14N4O. The largest absolute Gasteiger partial charge is 0.399 e. The lowest BCUT2D eigenvalue weighted by atomic mass is 10.3. The molecule has 2 rings (SSSR count). The molecule has 1 aromatic carbocycles. The Morgan fingerprint density at radius 3 is 3.00 bits per heavy atom. The molecule has 0 aliphatic heterocycles. The molecular weight excluding hydrogens is 240 g/mol. The number of terminal acetylenes is 1. The summed E-state index contributed by atoms with van der Waals surface area (Å²) in [6, 6.07) is 8.54. The molecule has 0 aliphatic rings. The van der Waals surface area contributed by atoms with Crippen LogP contribution >= 0.6 is 0 Å². The third-order valence-electron chi connectivity index (χ3n) is 2.55. The Morgan fingerprint density at radius 2 is 2.32 bits per heavy atom. The van der Waals surface area contributed by atoms with Gasteiger partial charge in [-0.25, -0.2) is 4.68 Å². The minimum absolute atomic E-state index is 0.298. The Balaban J connectivity index is 2.20. The Morgan fingerprint density at radius 1 is 1.53 bits per heavy atom. The quantitative estimate of drug-likeness (QED) is 0.638. The number of carbonyl (C=O) groups excluding carboxylic acids is 1. The fraction of sp³-hybridized carbons (Fsp3) is 0.143. The minimum Gasteiger partial charge on any atom is -0.399 e. The van der Waals surface area contributed by atoms with Crippen LogP contribution in [0.3, 0.4) is 0 Å². The van der Waals surface area contributed by atoms with Crippen molar-refractivity contribution in [3.63, 3.8) is 0 Å². The average Bonchev–Trinajstić information content (AvgIpc) is 2.88. The number of nitrogens with zero attached hydrogens (tertiary/aromatic N) is 2. The van der Waals surface area contributed by atoms with Crippen LogP contribution in [0.25, 0.3) is 5.69 Å². The molecule has 0 fully saturated rings. The van der Waals surface area contributed by atoms with Gasteiger partial charge in [0.15, 0.2) is 5.69 Å². The first-order valence-electron chi connectivity index (χ1n) is 5.78. The highest BCUT2D eigenvalue weighted by molar-refractivity contribution is 5.92. The molecule has 5 nitrogen and oxygen atoms in total. The molecule has 0 saturated heterocycles. The van der Waals surface area contributed by atoms with Crippen molar-refractivity contribution in [2.24, 2.45) is 0 Å². The number of rotatable bonds is 3. The van der Waals surface area contributed by atoms with Crippen LogP contribution in [0.1, 0.15) is 17.4 Å². The molecule has 0 saturated carbocycles. The van der Waals surface area contributed by atoms with E-state index in [-0.39, 0.29) is 11.9 Å². The Kier molecular flexibility index (Phi) is 3.53. The number of amides is 1. The number of carbonyl (C=O) groups is 1. The Labute approximate surface area is 111 Å². The highest BCUT2D eigenvalue weighted by Gasteiger charge is 2.11. The fourth-order valence-corrected chi connectivity index (χ4v) is 1.57. The molecule has 0 bridgehead atoms. The molecule has 0 spiro atoms. The van der Waals surface area contributed by atoms with Gasteiger partial charge >= 0.3 is 0 Å². The van der Waals surface area contributed by atoms with E-state index in [1.165, 1.54) is 0 Å². The zero-order valence-corrected chi connectivity index (χ0v) is 10.5. The van der Waals surface area contributed by atoms with Crippen molar-refractivity contribution in [1.29, 1.82) is 0 Å². The maximum absolute atomic E-state index is 11.8. The number of nitrogen functional groups attached to an aromatic ring is 1. The highest BCUT2D eigenvalue weighted by atomic mass is 16.2.